The smallest absolute Gasteiger partial charge is 0.258 e. The second kappa shape index (κ2) is 6.35. The molecule has 21 heavy (non-hydrogen) atoms. The van der Waals surface area contributed by atoms with E-state index in [4.69, 9.17) is 0 Å². The molecule has 0 aliphatic carbocycles. The lowest BCUT2D eigenvalue weighted by Crippen LogP contribution is -2.17. The van der Waals surface area contributed by atoms with E-state index in [0.717, 1.165) is 11.1 Å². The molecular formula is C16H18FN3O. The third-order valence-corrected chi connectivity index (χ3v) is 3.20. The topological polar surface area (TPSA) is 54.0 Å². The zero-order chi connectivity index (χ0) is 15.4. The second-order valence-electron chi connectivity index (χ2n) is 4.77. The van der Waals surface area contributed by atoms with Gasteiger partial charge in [0.15, 0.2) is 11.6 Å². The van der Waals surface area contributed by atoms with Crippen molar-refractivity contribution in [3.8, 4) is 0 Å². The van der Waals surface area contributed by atoms with Crippen LogP contribution in [0.2, 0.25) is 0 Å². The lowest BCUT2D eigenvalue weighted by atomic mass is 10.1. The summed E-state index contributed by atoms with van der Waals surface area (Å²) in [5.41, 5.74) is 2.56. The fourth-order valence-corrected chi connectivity index (χ4v) is 2.10. The predicted octanol–water partition coefficient (Wildman–Crippen LogP) is 3.52. The number of anilines is 2. The molecule has 0 fully saturated rings. The molecule has 2 aromatic rings. The molecule has 1 aromatic heterocycles. The number of aromatic nitrogens is 1. The molecule has 110 valence electrons. The highest BCUT2D eigenvalue weighted by molar-refractivity contribution is 6.05. The third kappa shape index (κ3) is 3.18. The fourth-order valence-electron chi connectivity index (χ4n) is 2.10. The molecule has 0 bridgehead atoms. The molecule has 0 aliphatic heterocycles. The molecule has 5 heteroatoms. The summed E-state index contributed by atoms with van der Waals surface area (Å²) < 4.78 is 14.2. The van der Waals surface area contributed by atoms with E-state index >= 15 is 0 Å². The van der Waals surface area contributed by atoms with Gasteiger partial charge in [-0.25, -0.2) is 9.37 Å². The van der Waals surface area contributed by atoms with Crippen LogP contribution in [0.4, 0.5) is 15.9 Å². The van der Waals surface area contributed by atoms with Gasteiger partial charge >= 0.3 is 0 Å². The number of hydrogen-bond acceptors (Lipinski definition) is 3. The van der Waals surface area contributed by atoms with Crippen LogP contribution in [0.15, 0.2) is 30.5 Å². The first-order valence-electron chi connectivity index (χ1n) is 6.80. The predicted molar refractivity (Wildman–Crippen MR) is 82.2 cm³/mol. The van der Waals surface area contributed by atoms with E-state index in [1.165, 1.54) is 12.3 Å². The van der Waals surface area contributed by atoms with Crippen LogP contribution < -0.4 is 10.6 Å². The molecule has 0 radical (unpaired) electrons. The van der Waals surface area contributed by atoms with Gasteiger partial charge in [-0.2, -0.15) is 0 Å². The van der Waals surface area contributed by atoms with Crippen molar-refractivity contribution >= 4 is 17.4 Å². The fraction of sp³-hybridized carbons (Fsp3) is 0.250. The number of hydrogen-bond donors (Lipinski definition) is 2. The molecule has 2 N–H and O–H groups in total. The summed E-state index contributed by atoms with van der Waals surface area (Å²) in [5, 5.41) is 5.56. The minimum atomic E-state index is -0.636. The van der Waals surface area contributed by atoms with Gasteiger partial charge in [0.1, 0.15) is 0 Å². The Morgan fingerprint density at radius 1 is 1.24 bits per heavy atom. The number of carbonyl (C=O) groups is 1. The van der Waals surface area contributed by atoms with E-state index in [2.05, 4.69) is 15.6 Å². The number of nitrogens with zero attached hydrogens (tertiary/aromatic N) is 1. The van der Waals surface area contributed by atoms with Crippen molar-refractivity contribution in [1.29, 1.82) is 0 Å². The number of nitrogens with one attached hydrogen (secondary N) is 2. The Morgan fingerprint density at radius 2 is 1.90 bits per heavy atom. The molecule has 4 nitrogen and oxygen atoms in total. The van der Waals surface area contributed by atoms with Gasteiger partial charge in [-0.15, -0.1) is 0 Å². The molecule has 0 atom stereocenters. The molecule has 1 aromatic carbocycles. The number of halogens is 1. The van der Waals surface area contributed by atoms with E-state index < -0.39 is 11.7 Å². The Hall–Kier alpha value is -2.43. The zero-order valence-electron chi connectivity index (χ0n) is 12.3. The average Bonchev–Trinajstić information content (AvgIpc) is 2.45. The molecule has 0 saturated heterocycles. The summed E-state index contributed by atoms with van der Waals surface area (Å²) in [7, 11) is 0. The van der Waals surface area contributed by atoms with Gasteiger partial charge in [0.05, 0.1) is 5.56 Å². The lowest BCUT2D eigenvalue weighted by molar-refractivity contribution is 0.102. The van der Waals surface area contributed by atoms with Gasteiger partial charge in [0.25, 0.3) is 5.91 Å². The normalized spacial score (nSPS) is 10.3. The summed E-state index contributed by atoms with van der Waals surface area (Å²) >= 11 is 0. The maximum absolute atomic E-state index is 14.2. The van der Waals surface area contributed by atoms with Crippen LogP contribution in [0, 0.1) is 19.7 Å². The van der Waals surface area contributed by atoms with Gasteiger partial charge in [-0.1, -0.05) is 18.2 Å². The van der Waals surface area contributed by atoms with Gasteiger partial charge < -0.3 is 10.6 Å². The largest absolute Gasteiger partial charge is 0.368 e. The summed E-state index contributed by atoms with van der Waals surface area (Å²) in [6.45, 7) is 6.17. The highest BCUT2D eigenvalue weighted by Gasteiger charge is 2.17. The number of pyridine rings is 1. The number of rotatable bonds is 4. The molecule has 1 amide bonds. The van der Waals surface area contributed by atoms with Crippen molar-refractivity contribution in [2.24, 2.45) is 0 Å². The summed E-state index contributed by atoms with van der Waals surface area (Å²) in [6.07, 6.45) is 1.42. The maximum Gasteiger partial charge on any atom is 0.258 e. The van der Waals surface area contributed by atoms with Crippen molar-refractivity contribution in [3.05, 3.63) is 53.0 Å². The van der Waals surface area contributed by atoms with E-state index in [1.807, 2.05) is 39.0 Å². The lowest BCUT2D eigenvalue weighted by Gasteiger charge is -2.12. The highest BCUT2D eigenvalue weighted by Crippen LogP contribution is 2.22. The van der Waals surface area contributed by atoms with Gasteiger partial charge in [0, 0.05) is 18.4 Å². The van der Waals surface area contributed by atoms with Crippen molar-refractivity contribution < 1.29 is 9.18 Å². The first-order chi connectivity index (χ1) is 10.0. The number of carbonyl (C=O) groups excluding carboxylic acids is 1. The van der Waals surface area contributed by atoms with Crippen molar-refractivity contribution in [3.63, 3.8) is 0 Å². The number of amides is 1. The number of para-hydroxylation sites is 1. The zero-order valence-corrected chi connectivity index (χ0v) is 12.3. The first-order valence-corrected chi connectivity index (χ1v) is 6.80. The maximum atomic E-state index is 14.2. The molecule has 0 spiro atoms. The molecule has 1 heterocycles. The Kier molecular flexibility index (Phi) is 4.52. The molecule has 0 saturated carbocycles. The van der Waals surface area contributed by atoms with E-state index in [9.17, 15) is 9.18 Å². The molecule has 0 unspecified atom stereocenters. The van der Waals surface area contributed by atoms with Gasteiger partial charge in [-0.3, -0.25) is 4.79 Å². The second-order valence-corrected chi connectivity index (χ2v) is 4.77. The Bertz CT molecular complexity index is 650. The molecule has 2 rings (SSSR count). The van der Waals surface area contributed by atoms with Crippen LogP contribution >= 0.6 is 0 Å². The quantitative estimate of drug-likeness (QED) is 0.904. The average molecular weight is 287 g/mol. The van der Waals surface area contributed by atoms with E-state index in [-0.39, 0.29) is 11.4 Å². The van der Waals surface area contributed by atoms with Crippen molar-refractivity contribution in [2.45, 2.75) is 20.8 Å². The Morgan fingerprint density at radius 3 is 2.52 bits per heavy atom. The van der Waals surface area contributed by atoms with Crippen LogP contribution in [0.5, 0.6) is 0 Å². The Balaban J connectivity index is 2.31. The SMILES string of the molecule is CCNc1nccc(C(=O)Nc2c(C)cccc2C)c1F. The monoisotopic (exact) mass is 287 g/mol. The van der Waals surface area contributed by atoms with E-state index in [1.54, 1.807) is 0 Å². The van der Waals surface area contributed by atoms with Crippen LogP contribution in [0.1, 0.15) is 28.4 Å². The van der Waals surface area contributed by atoms with Crippen LogP contribution in [-0.2, 0) is 0 Å². The number of benzene rings is 1. The van der Waals surface area contributed by atoms with Crippen LogP contribution in [-0.4, -0.2) is 17.4 Å². The molecular weight excluding hydrogens is 269 g/mol. The number of aryl methyl sites for hydroxylation is 2. The van der Waals surface area contributed by atoms with Crippen LogP contribution in [0.25, 0.3) is 0 Å². The summed E-state index contributed by atoms with van der Waals surface area (Å²) in [4.78, 5) is 16.2. The minimum absolute atomic E-state index is 0.0244. The summed E-state index contributed by atoms with van der Waals surface area (Å²) in [5.74, 6) is -1.03. The minimum Gasteiger partial charge on any atom is -0.368 e. The van der Waals surface area contributed by atoms with Crippen molar-refractivity contribution in [2.75, 3.05) is 17.2 Å². The summed E-state index contributed by atoms with van der Waals surface area (Å²) in [6, 6.07) is 7.08. The van der Waals surface area contributed by atoms with Crippen LogP contribution in [0.3, 0.4) is 0 Å². The van der Waals surface area contributed by atoms with Gasteiger partial charge in [0.2, 0.25) is 0 Å². The first kappa shape index (κ1) is 15.0. The third-order valence-electron chi connectivity index (χ3n) is 3.20. The highest BCUT2D eigenvalue weighted by atomic mass is 19.1. The Labute approximate surface area is 123 Å². The molecule has 0 aliphatic rings. The van der Waals surface area contributed by atoms with Gasteiger partial charge in [-0.05, 0) is 38.0 Å². The van der Waals surface area contributed by atoms with Crippen molar-refractivity contribution in [1.82, 2.24) is 4.98 Å². The van der Waals surface area contributed by atoms with E-state index in [0.29, 0.717) is 12.2 Å². The standard InChI is InChI=1S/C16H18FN3O/c1-4-18-15-13(17)12(8-9-19-15)16(21)20-14-10(2)6-5-7-11(14)3/h5-9H,4H2,1-3H3,(H,18,19)(H,20,21).